The highest BCUT2D eigenvalue weighted by atomic mass is 15.0. The van der Waals surface area contributed by atoms with Crippen LogP contribution in [0.5, 0.6) is 0 Å². The fraction of sp³-hybridized carbons (Fsp3) is 0.714. The van der Waals surface area contributed by atoms with Crippen LogP contribution in [0.3, 0.4) is 0 Å². The van der Waals surface area contributed by atoms with Crippen LogP contribution in [0.25, 0.3) is 0 Å². The lowest BCUT2D eigenvalue weighted by atomic mass is 9.52. The summed E-state index contributed by atoms with van der Waals surface area (Å²) in [5.74, 6) is 0.579. The van der Waals surface area contributed by atoms with Crippen LogP contribution in [-0.2, 0) is 0 Å². The van der Waals surface area contributed by atoms with Gasteiger partial charge in [0, 0.05) is 30.6 Å². The Bertz CT molecular complexity index is 346. The van der Waals surface area contributed by atoms with Gasteiger partial charge in [0.2, 0.25) is 0 Å². The number of hydrogen-bond donors (Lipinski definition) is 1. The lowest BCUT2D eigenvalue weighted by molar-refractivity contribution is 0.0186. The number of rotatable bonds is 5. The molecular formula is C14H23N3. The highest BCUT2D eigenvalue weighted by molar-refractivity contribution is 5.20. The van der Waals surface area contributed by atoms with E-state index >= 15 is 0 Å². The second kappa shape index (κ2) is 5.13. The average Bonchev–Trinajstić information content (AvgIpc) is 2.37. The summed E-state index contributed by atoms with van der Waals surface area (Å²) in [7, 11) is 0. The highest BCUT2D eigenvalue weighted by Crippen LogP contribution is 2.56. The van der Waals surface area contributed by atoms with Crippen molar-refractivity contribution >= 4 is 0 Å². The van der Waals surface area contributed by atoms with E-state index in [-0.39, 0.29) is 0 Å². The molecule has 1 fully saturated rings. The van der Waals surface area contributed by atoms with Crippen molar-refractivity contribution in [1.29, 1.82) is 0 Å². The largest absolute Gasteiger partial charge is 0.314 e. The van der Waals surface area contributed by atoms with Gasteiger partial charge in [0.05, 0.1) is 5.69 Å². The van der Waals surface area contributed by atoms with Crippen molar-refractivity contribution in [3.63, 3.8) is 0 Å². The second-order valence-electron chi connectivity index (χ2n) is 4.97. The third-order valence-electron chi connectivity index (χ3n) is 4.57. The first-order chi connectivity index (χ1) is 8.28. The first-order valence-electron chi connectivity index (χ1n) is 6.77. The van der Waals surface area contributed by atoms with Crippen molar-refractivity contribution in [2.75, 3.05) is 6.54 Å². The first-order valence-corrected chi connectivity index (χ1v) is 6.77. The molecule has 2 atom stereocenters. The molecule has 0 saturated heterocycles. The molecule has 1 aliphatic rings. The Morgan fingerprint density at radius 2 is 2.06 bits per heavy atom. The van der Waals surface area contributed by atoms with E-state index in [1.807, 2.05) is 12.4 Å². The molecule has 1 aromatic rings. The summed E-state index contributed by atoms with van der Waals surface area (Å²) in [6.45, 7) is 7.85. The van der Waals surface area contributed by atoms with E-state index in [0.717, 1.165) is 6.54 Å². The smallest absolute Gasteiger partial charge is 0.0624 e. The number of hydrogen-bond acceptors (Lipinski definition) is 3. The molecule has 1 aromatic heterocycles. The molecule has 0 spiro atoms. The number of nitrogens with zero attached hydrogens (tertiary/aromatic N) is 2. The molecule has 17 heavy (non-hydrogen) atoms. The zero-order valence-electron chi connectivity index (χ0n) is 11.1. The monoisotopic (exact) mass is 233 g/mol. The molecule has 2 unspecified atom stereocenters. The quantitative estimate of drug-likeness (QED) is 0.849. The van der Waals surface area contributed by atoms with Crippen LogP contribution in [-0.4, -0.2) is 22.6 Å². The van der Waals surface area contributed by atoms with E-state index < -0.39 is 0 Å². The molecule has 1 aliphatic carbocycles. The Kier molecular flexibility index (Phi) is 3.77. The van der Waals surface area contributed by atoms with E-state index in [1.165, 1.54) is 25.0 Å². The van der Waals surface area contributed by atoms with Crippen molar-refractivity contribution in [2.45, 2.75) is 52.0 Å². The predicted molar refractivity (Wildman–Crippen MR) is 69.9 cm³/mol. The minimum Gasteiger partial charge on any atom is -0.314 e. The lowest BCUT2D eigenvalue weighted by Crippen LogP contribution is -2.58. The summed E-state index contributed by atoms with van der Waals surface area (Å²) in [4.78, 5) is 8.71. The summed E-state index contributed by atoms with van der Waals surface area (Å²) in [6.07, 6.45) is 9.13. The summed E-state index contributed by atoms with van der Waals surface area (Å²) >= 11 is 0. The van der Waals surface area contributed by atoms with Crippen LogP contribution in [0.1, 0.15) is 51.6 Å². The molecule has 1 N–H and O–H groups in total. The Morgan fingerprint density at radius 3 is 2.59 bits per heavy atom. The Labute approximate surface area is 104 Å². The summed E-state index contributed by atoms with van der Waals surface area (Å²) in [5, 5.41) is 3.63. The van der Waals surface area contributed by atoms with Gasteiger partial charge in [-0.3, -0.25) is 9.97 Å². The first kappa shape index (κ1) is 12.5. The van der Waals surface area contributed by atoms with Gasteiger partial charge in [-0.1, -0.05) is 20.8 Å². The molecule has 0 bridgehead atoms. The van der Waals surface area contributed by atoms with Gasteiger partial charge in [-0.25, -0.2) is 0 Å². The minimum absolute atomic E-state index is 0.381. The molecule has 2 rings (SSSR count). The van der Waals surface area contributed by atoms with E-state index in [4.69, 9.17) is 0 Å². The van der Waals surface area contributed by atoms with E-state index in [2.05, 4.69) is 36.1 Å². The highest BCUT2D eigenvalue weighted by Gasteiger charge is 2.53. The SMILES string of the molecule is CCNC1CC(c2cnccn2)C1(CC)CC. The van der Waals surface area contributed by atoms with Crippen LogP contribution < -0.4 is 5.32 Å². The summed E-state index contributed by atoms with van der Waals surface area (Å²) < 4.78 is 0. The Balaban J connectivity index is 2.20. The van der Waals surface area contributed by atoms with E-state index in [0.29, 0.717) is 17.4 Å². The predicted octanol–water partition coefficient (Wildman–Crippen LogP) is 2.75. The van der Waals surface area contributed by atoms with E-state index in [1.54, 1.807) is 6.20 Å². The van der Waals surface area contributed by atoms with Crippen LogP contribution >= 0.6 is 0 Å². The molecule has 1 saturated carbocycles. The average molecular weight is 233 g/mol. The number of aromatic nitrogens is 2. The van der Waals surface area contributed by atoms with Gasteiger partial charge in [-0.15, -0.1) is 0 Å². The summed E-state index contributed by atoms with van der Waals surface area (Å²) in [5.41, 5.74) is 1.55. The molecular weight excluding hydrogens is 210 g/mol. The van der Waals surface area contributed by atoms with Crippen LogP contribution in [0.4, 0.5) is 0 Å². The molecule has 94 valence electrons. The van der Waals surface area contributed by atoms with Gasteiger partial charge >= 0.3 is 0 Å². The standard InChI is InChI=1S/C14H23N3/c1-4-14(5-2)11(9-13(14)16-6-3)12-10-15-7-8-17-12/h7-8,10-11,13,16H,4-6,9H2,1-3H3. The Morgan fingerprint density at radius 1 is 1.29 bits per heavy atom. The van der Waals surface area contributed by atoms with Crippen LogP contribution in [0.2, 0.25) is 0 Å². The van der Waals surface area contributed by atoms with Gasteiger partial charge in [0.1, 0.15) is 0 Å². The molecule has 3 heteroatoms. The van der Waals surface area contributed by atoms with Gasteiger partial charge in [0.15, 0.2) is 0 Å². The van der Waals surface area contributed by atoms with Gasteiger partial charge < -0.3 is 5.32 Å². The minimum atomic E-state index is 0.381. The van der Waals surface area contributed by atoms with Gasteiger partial charge in [0.25, 0.3) is 0 Å². The van der Waals surface area contributed by atoms with Gasteiger partial charge in [-0.05, 0) is 31.2 Å². The third kappa shape index (κ3) is 1.97. The van der Waals surface area contributed by atoms with Crippen molar-refractivity contribution in [3.05, 3.63) is 24.3 Å². The number of nitrogens with one attached hydrogen (secondary N) is 1. The fourth-order valence-corrected chi connectivity index (χ4v) is 3.46. The lowest BCUT2D eigenvalue weighted by Gasteiger charge is -2.56. The normalized spacial score (nSPS) is 26.5. The second-order valence-corrected chi connectivity index (χ2v) is 4.97. The maximum Gasteiger partial charge on any atom is 0.0624 e. The van der Waals surface area contributed by atoms with Gasteiger partial charge in [-0.2, -0.15) is 0 Å². The maximum absolute atomic E-state index is 4.50. The van der Waals surface area contributed by atoms with Crippen molar-refractivity contribution < 1.29 is 0 Å². The topological polar surface area (TPSA) is 37.8 Å². The fourth-order valence-electron chi connectivity index (χ4n) is 3.46. The third-order valence-corrected chi connectivity index (χ3v) is 4.57. The zero-order chi connectivity index (χ0) is 12.3. The molecule has 0 aromatic carbocycles. The molecule has 1 heterocycles. The molecule has 0 aliphatic heterocycles. The molecule has 3 nitrogen and oxygen atoms in total. The zero-order valence-corrected chi connectivity index (χ0v) is 11.1. The van der Waals surface area contributed by atoms with Crippen molar-refractivity contribution in [3.8, 4) is 0 Å². The summed E-state index contributed by atoms with van der Waals surface area (Å²) in [6, 6.07) is 0.648. The van der Waals surface area contributed by atoms with Crippen LogP contribution in [0, 0.1) is 5.41 Å². The van der Waals surface area contributed by atoms with Crippen molar-refractivity contribution in [1.82, 2.24) is 15.3 Å². The van der Waals surface area contributed by atoms with Crippen LogP contribution in [0.15, 0.2) is 18.6 Å². The maximum atomic E-state index is 4.50. The van der Waals surface area contributed by atoms with E-state index in [9.17, 15) is 0 Å². The molecule has 0 amide bonds. The van der Waals surface area contributed by atoms with Crippen molar-refractivity contribution in [2.24, 2.45) is 5.41 Å². The Hall–Kier alpha value is -0.960. The molecule has 0 radical (unpaired) electrons.